The molecule has 6 fully saturated rings. The molecule has 10 atom stereocenters. The first kappa shape index (κ1) is 23.8. The average Bonchev–Trinajstić information content (AvgIpc) is 3.79. The lowest BCUT2D eigenvalue weighted by Crippen LogP contribution is -2.29. The summed E-state index contributed by atoms with van der Waals surface area (Å²) in [6, 6.07) is 20.9. The van der Waals surface area contributed by atoms with Crippen molar-refractivity contribution in [3.05, 3.63) is 71.8 Å². The number of carbonyl (C=O) groups is 4. The molecule has 4 amide bonds. The Labute approximate surface area is 223 Å². The Balaban J connectivity index is 0.000000127. The van der Waals surface area contributed by atoms with Gasteiger partial charge < -0.3 is 0 Å². The number of hydrogen-bond acceptors (Lipinski definition) is 4. The minimum atomic E-state index is -0.0403. The number of rotatable bonds is 2. The third kappa shape index (κ3) is 3.25. The highest BCUT2D eigenvalue weighted by molar-refractivity contribution is 6.06. The lowest BCUT2D eigenvalue weighted by atomic mass is 9.73. The van der Waals surface area contributed by atoms with E-state index in [0.717, 1.165) is 25.7 Å². The molecule has 6 heteroatoms. The molecule has 4 unspecified atom stereocenters. The summed E-state index contributed by atoms with van der Waals surface area (Å²) in [6.07, 6.45) is 4.26. The normalized spacial score (nSPS) is 40.1. The predicted molar refractivity (Wildman–Crippen MR) is 140 cm³/mol. The second-order valence-corrected chi connectivity index (χ2v) is 12.4. The zero-order valence-corrected chi connectivity index (χ0v) is 21.9. The summed E-state index contributed by atoms with van der Waals surface area (Å²) >= 11 is 0. The van der Waals surface area contributed by atoms with Crippen molar-refractivity contribution in [1.29, 1.82) is 0 Å². The Morgan fingerprint density at radius 2 is 0.842 bits per heavy atom. The smallest absolute Gasteiger partial charge is 0.233 e. The molecule has 6 nitrogen and oxygen atoms in total. The predicted octanol–water partition coefficient (Wildman–Crippen LogP) is 4.08. The number of hydrogen-bond donors (Lipinski definition) is 0. The SMILES string of the molecule is CN1C(=O)[C@@H]2C3CC(C[C@@H]3c3ccccc3)[C@@H]2C1=O.CN1C(=O)[C@@H]2C3CC(C[C@H]3c3ccccc3)[C@@H]2C1=O. The number of nitrogens with zero attached hydrogens (tertiary/aromatic N) is 2. The topological polar surface area (TPSA) is 74.8 Å². The van der Waals surface area contributed by atoms with Gasteiger partial charge in [0.25, 0.3) is 0 Å². The van der Waals surface area contributed by atoms with Gasteiger partial charge in [-0.25, -0.2) is 0 Å². The van der Waals surface area contributed by atoms with Gasteiger partial charge in [0.1, 0.15) is 0 Å². The molecule has 2 aliphatic heterocycles. The summed E-state index contributed by atoms with van der Waals surface area (Å²) in [5.74, 6) is 2.66. The number of imide groups is 2. The highest BCUT2D eigenvalue weighted by Gasteiger charge is 2.64. The van der Waals surface area contributed by atoms with E-state index in [9.17, 15) is 19.2 Å². The molecule has 2 saturated heterocycles. The quantitative estimate of drug-likeness (QED) is 0.571. The van der Waals surface area contributed by atoms with Crippen LogP contribution in [0.1, 0.15) is 48.6 Å². The van der Waals surface area contributed by atoms with E-state index in [1.165, 1.54) is 20.9 Å². The largest absolute Gasteiger partial charge is 0.285 e. The Kier molecular flexibility index (Phi) is 5.40. The van der Waals surface area contributed by atoms with Crippen molar-refractivity contribution in [2.75, 3.05) is 14.1 Å². The van der Waals surface area contributed by atoms with E-state index in [2.05, 4.69) is 48.5 Å². The molecule has 4 aliphatic carbocycles. The molecule has 196 valence electrons. The van der Waals surface area contributed by atoms with Gasteiger partial charge in [-0.15, -0.1) is 0 Å². The van der Waals surface area contributed by atoms with Gasteiger partial charge in [0.15, 0.2) is 0 Å². The van der Waals surface area contributed by atoms with E-state index in [-0.39, 0.29) is 47.3 Å². The molecule has 6 aliphatic rings. The summed E-state index contributed by atoms with van der Waals surface area (Å²) in [6.45, 7) is 0. The molecule has 2 aromatic rings. The van der Waals surface area contributed by atoms with E-state index in [1.54, 1.807) is 14.1 Å². The number of benzene rings is 2. The first-order valence-corrected chi connectivity index (χ1v) is 14.1. The summed E-state index contributed by atoms with van der Waals surface area (Å²) < 4.78 is 0. The first-order chi connectivity index (χ1) is 18.4. The molecule has 2 heterocycles. The molecule has 38 heavy (non-hydrogen) atoms. The molecule has 0 spiro atoms. The fraction of sp³-hybridized carbons (Fsp3) is 0.500. The maximum absolute atomic E-state index is 12.3. The van der Waals surface area contributed by atoms with Crippen LogP contribution in [0.3, 0.4) is 0 Å². The van der Waals surface area contributed by atoms with Gasteiger partial charge in [-0.3, -0.25) is 29.0 Å². The van der Waals surface area contributed by atoms with Crippen LogP contribution in [0.4, 0.5) is 0 Å². The van der Waals surface area contributed by atoms with Crippen molar-refractivity contribution >= 4 is 23.6 Å². The molecular weight excluding hydrogens is 476 g/mol. The van der Waals surface area contributed by atoms with Crippen LogP contribution in [0.25, 0.3) is 0 Å². The van der Waals surface area contributed by atoms with Gasteiger partial charge in [-0.1, -0.05) is 60.7 Å². The van der Waals surface area contributed by atoms with E-state index in [4.69, 9.17) is 0 Å². The van der Waals surface area contributed by atoms with Crippen LogP contribution in [0.5, 0.6) is 0 Å². The van der Waals surface area contributed by atoms with Crippen molar-refractivity contribution in [2.45, 2.75) is 37.5 Å². The molecule has 2 aromatic carbocycles. The lowest BCUT2D eigenvalue weighted by molar-refractivity contribution is -0.140. The van der Waals surface area contributed by atoms with Crippen LogP contribution in [-0.4, -0.2) is 47.5 Å². The molecule has 4 saturated carbocycles. The zero-order chi connectivity index (χ0) is 26.3. The van der Waals surface area contributed by atoms with E-state index in [0.29, 0.717) is 35.5 Å². The molecule has 0 N–H and O–H groups in total. The maximum atomic E-state index is 12.3. The lowest BCUT2D eigenvalue weighted by Gasteiger charge is -2.28. The summed E-state index contributed by atoms with van der Waals surface area (Å²) in [7, 11) is 3.28. The summed E-state index contributed by atoms with van der Waals surface area (Å²) in [5, 5.41) is 0. The maximum Gasteiger partial charge on any atom is 0.233 e. The zero-order valence-electron chi connectivity index (χ0n) is 21.9. The van der Waals surface area contributed by atoms with Crippen molar-refractivity contribution < 1.29 is 19.2 Å². The van der Waals surface area contributed by atoms with Crippen molar-refractivity contribution in [3.8, 4) is 0 Å². The van der Waals surface area contributed by atoms with E-state index >= 15 is 0 Å². The van der Waals surface area contributed by atoms with Gasteiger partial charge >= 0.3 is 0 Å². The molecule has 0 aromatic heterocycles. The van der Waals surface area contributed by atoms with E-state index < -0.39 is 0 Å². The Bertz CT molecular complexity index is 1210. The Hall–Kier alpha value is -3.28. The molecule has 8 rings (SSSR count). The summed E-state index contributed by atoms with van der Waals surface area (Å²) in [5.41, 5.74) is 2.67. The van der Waals surface area contributed by atoms with Crippen molar-refractivity contribution in [2.24, 2.45) is 47.3 Å². The van der Waals surface area contributed by atoms with E-state index in [1.807, 2.05) is 12.1 Å². The van der Waals surface area contributed by atoms with Crippen LogP contribution < -0.4 is 0 Å². The number of fused-ring (bicyclic) bond motifs is 10. The van der Waals surface area contributed by atoms with Gasteiger partial charge in [0, 0.05) is 14.1 Å². The second kappa shape index (κ2) is 8.62. The van der Waals surface area contributed by atoms with Crippen LogP contribution in [0, 0.1) is 47.3 Å². The average molecular weight is 511 g/mol. The third-order valence-electron chi connectivity index (χ3n) is 10.9. The Morgan fingerprint density at radius 3 is 1.21 bits per heavy atom. The van der Waals surface area contributed by atoms with Crippen LogP contribution in [0.15, 0.2) is 60.7 Å². The summed E-state index contributed by atoms with van der Waals surface area (Å²) in [4.78, 5) is 51.5. The number of carbonyl (C=O) groups excluding carboxylic acids is 4. The number of amides is 4. The molecule has 4 bridgehead atoms. The minimum absolute atomic E-state index is 0.0116. The standard InChI is InChI=1S/2C16H17NO2/c2*1-17-15(18)13-10-7-11(9-5-3-2-4-6-9)12(8-10)14(13)16(17)19/h2*2-6,10-14H,7-8H2,1H3/t10?,11-,12?,13+,14-;10?,11-,12?,13-,14+/m10/s1. The second-order valence-electron chi connectivity index (χ2n) is 12.4. The first-order valence-electron chi connectivity index (χ1n) is 14.1. The van der Waals surface area contributed by atoms with Crippen molar-refractivity contribution in [3.63, 3.8) is 0 Å². The van der Waals surface area contributed by atoms with Gasteiger partial charge in [-0.05, 0) is 72.3 Å². The van der Waals surface area contributed by atoms with Gasteiger partial charge in [0.05, 0.1) is 23.7 Å². The molecule has 0 radical (unpaired) electrons. The van der Waals surface area contributed by atoms with Crippen LogP contribution >= 0.6 is 0 Å². The third-order valence-corrected chi connectivity index (χ3v) is 10.9. The van der Waals surface area contributed by atoms with Gasteiger partial charge in [-0.2, -0.15) is 0 Å². The van der Waals surface area contributed by atoms with Crippen LogP contribution in [0.2, 0.25) is 0 Å². The Morgan fingerprint density at radius 1 is 0.500 bits per heavy atom. The number of likely N-dealkylation sites (tertiary alicyclic amines) is 2. The van der Waals surface area contributed by atoms with Crippen molar-refractivity contribution in [1.82, 2.24) is 9.80 Å². The monoisotopic (exact) mass is 510 g/mol. The van der Waals surface area contributed by atoms with Gasteiger partial charge in [0.2, 0.25) is 23.6 Å². The fourth-order valence-corrected chi connectivity index (χ4v) is 9.38. The highest BCUT2D eigenvalue weighted by Crippen LogP contribution is 2.62. The molecular formula is C32H34N2O4. The fourth-order valence-electron chi connectivity index (χ4n) is 9.38. The van der Waals surface area contributed by atoms with Crippen LogP contribution in [-0.2, 0) is 19.2 Å². The minimum Gasteiger partial charge on any atom is -0.285 e. The highest BCUT2D eigenvalue weighted by atomic mass is 16.2.